The monoisotopic (exact) mass is 388 g/mol. The molecule has 0 amide bonds. The van der Waals surface area contributed by atoms with Gasteiger partial charge in [0.1, 0.15) is 0 Å². The topological polar surface area (TPSA) is 6.48 Å². The molecule has 4 aromatic rings. The molecule has 146 valence electrons. The minimum absolute atomic E-state index is 0.937. The maximum atomic E-state index is 2.51. The average molecular weight is 389 g/mol. The zero-order valence-electron chi connectivity index (χ0n) is 17.0. The molecule has 0 aliphatic carbocycles. The summed E-state index contributed by atoms with van der Waals surface area (Å²) in [6, 6.07) is 35.4. The third kappa shape index (κ3) is 2.88. The quantitative estimate of drug-likeness (QED) is 0.392. The van der Waals surface area contributed by atoms with Crippen molar-refractivity contribution in [3.63, 3.8) is 0 Å². The molecule has 0 aromatic heterocycles. The van der Waals surface area contributed by atoms with Crippen LogP contribution < -0.4 is 9.80 Å². The van der Waals surface area contributed by atoms with Gasteiger partial charge in [0.25, 0.3) is 0 Å². The fraction of sp³-hybridized carbons (Fsp3) is 0.143. The van der Waals surface area contributed by atoms with Crippen molar-refractivity contribution < 1.29 is 0 Å². The van der Waals surface area contributed by atoms with E-state index in [0.29, 0.717) is 0 Å². The van der Waals surface area contributed by atoms with E-state index in [9.17, 15) is 0 Å². The lowest BCUT2D eigenvalue weighted by molar-refractivity contribution is 0.794. The lowest BCUT2D eigenvalue weighted by atomic mass is 9.90. The average Bonchev–Trinajstić information content (AvgIpc) is 3.09. The van der Waals surface area contributed by atoms with Gasteiger partial charge in [0.2, 0.25) is 0 Å². The van der Waals surface area contributed by atoms with Gasteiger partial charge in [-0.25, -0.2) is 0 Å². The van der Waals surface area contributed by atoms with Gasteiger partial charge in [-0.1, -0.05) is 72.8 Å². The van der Waals surface area contributed by atoms with Gasteiger partial charge in [0.05, 0.1) is 0 Å². The van der Waals surface area contributed by atoms with Gasteiger partial charge in [0, 0.05) is 37.6 Å². The fourth-order valence-corrected chi connectivity index (χ4v) is 5.05. The minimum Gasteiger partial charge on any atom is -0.363 e. The normalized spacial score (nSPS) is 14.7. The highest BCUT2D eigenvalue weighted by molar-refractivity contribution is 5.80. The first-order chi connectivity index (χ1) is 14.9. The molecule has 2 aliphatic rings. The number of rotatable bonds is 2. The van der Waals surface area contributed by atoms with E-state index >= 15 is 0 Å². The van der Waals surface area contributed by atoms with Crippen LogP contribution in [-0.2, 0) is 26.2 Å². The second-order valence-corrected chi connectivity index (χ2v) is 8.29. The number of nitrogens with zero attached hydrogens (tertiary/aromatic N) is 2. The summed E-state index contributed by atoms with van der Waals surface area (Å²) in [4.78, 5) is 5.02. The predicted molar refractivity (Wildman–Crippen MR) is 125 cm³/mol. The van der Waals surface area contributed by atoms with Crippen LogP contribution in [0.2, 0.25) is 0 Å². The Morgan fingerprint density at radius 3 is 1.03 bits per heavy atom. The van der Waals surface area contributed by atoms with Gasteiger partial charge < -0.3 is 9.80 Å². The Morgan fingerprint density at radius 1 is 0.367 bits per heavy atom. The van der Waals surface area contributed by atoms with Crippen molar-refractivity contribution in [3.8, 4) is 11.1 Å². The van der Waals surface area contributed by atoms with E-state index in [1.54, 1.807) is 0 Å². The van der Waals surface area contributed by atoms with E-state index in [1.165, 1.54) is 44.8 Å². The van der Waals surface area contributed by atoms with Crippen LogP contribution in [0.5, 0.6) is 0 Å². The molecule has 2 heteroatoms. The number of hydrogen-bond donors (Lipinski definition) is 0. The van der Waals surface area contributed by atoms with Crippen molar-refractivity contribution in [3.05, 3.63) is 119 Å². The summed E-state index contributed by atoms with van der Waals surface area (Å²) in [7, 11) is 0. The Hall–Kier alpha value is -3.52. The first-order valence-corrected chi connectivity index (χ1v) is 10.7. The Labute approximate surface area is 178 Å². The summed E-state index contributed by atoms with van der Waals surface area (Å²) < 4.78 is 0. The Balaban J connectivity index is 1.54. The smallest absolute Gasteiger partial charge is 0.0439 e. The van der Waals surface area contributed by atoms with E-state index in [4.69, 9.17) is 0 Å². The van der Waals surface area contributed by atoms with Crippen LogP contribution in [-0.4, -0.2) is 0 Å². The second-order valence-electron chi connectivity index (χ2n) is 8.29. The SMILES string of the molecule is c1ccc(N2Cc3cccc4c3-c3c(cccc3CN(c3ccccc3)C4)C2)cc1. The van der Waals surface area contributed by atoms with Crippen molar-refractivity contribution in [1.82, 2.24) is 0 Å². The Bertz CT molecular complexity index is 1050. The van der Waals surface area contributed by atoms with Crippen molar-refractivity contribution in [1.29, 1.82) is 0 Å². The number of benzene rings is 4. The molecule has 0 spiro atoms. The zero-order chi connectivity index (χ0) is 19.9. The highest BCUT2D eigenvalue weighted by Crippen LogP contribution is 2.42. The molecule has 0 fully saturated rings. The van der Waals surface area contributed by atoms with Gasteiger partial charge in [0.15, 0.2) is 0 Å². The number of anilines is 2. The molecule has 6 rings (SSSR count). The largest absolute Gasteiger partial charge is 0.363 e. The molecule has 0 unspecified atom stereocenters. The van der Waals surface area contributed by atoms with Crippen LogP contribution in [0.3, 0.4) is 0 Å². The van der Waals surface area contributed by atoms with Crippen LogP contribution in [0, 0.1) is 0 Å². The number of para-hydroxylation sites is 2. The summed E-state index contributed by atoms with van der Waals surface area (Å²) in [5.41, 5.74) is 11.2. The summed E-state index contributed by atoms with van der Waals surface area (Å²) in [5.74, 6) is 0. The Morgan fingerprint density at radius 2 is 0.700 bits per heavy atom. The summed E-state index contributed by atoms with van der Waals surface area (Å²) in [6.45, 7) is 3.75. The molecule has 0 N–H and O–H groups in total. The molecule has 4 aromatic carbocycles. The van der Waals surface area contributed by atoms with E-state index in [0.717, 1.165) is 26.2 Å². The molecule has 0 radical (unpaired) electrons. The zero-order valence-corrected chi connectivity index (χ0v) is 17.0. The highest BCUT2D eigenvalue weighted by atomic mass is 15.1. The van der Waals surface area contributed by atoms with Crippen molar-refractivity contribution in [2.75, 3.05) is 9.80 Å². The lowest BCUT2D eigenvalue weighted by Crippen LogP contribution is -2.22. The number of hydrogen-bond acceptors (Lipinski definition) is 2. The third-order valence-electron chi connectivity index (χ3n) is 6.41. The molecular weight excluding hydrogens is 364 g/mol. The molecule has 2 aliphatic heterocycles. The fourth-order valence-electron chi connectivity index (χ4n) is 5.05. The molecule has 0 saturated heterocycles. The summed E-state index contributed by atoms with van der Waals surface area (Å²) in [6.07, 6.45) is 0. The van der Waals surface area contributed by atoms with E-state index < -0.39 is 0 Å². The van der Waals surface area contributed by atoms with E-state index in [2.05, 4.69) is 107 Å². The second kappa shape index (κ2) is 7.07. The maximum Gasteiger partial charge on any atom is 0.0439 e. The first-order valence-electron chi connectivity index (χ1n) is 10.7. The van der Waals surface area contributed by atoms with Gasteiger partial charge in [-0.3, -0.25) is 0 Å². The lowest BCUT2D eigenvalue weighted by Gasteiger charge is -2.26. The van der Waals surface area contributed by atoms with Crippen molar-refractivity contribution >= 4 is 11.4 Å². The highest BCUT2D eigenvalue weighted by Gasteiger charge is 2.27. The van der Waals surface area contributed by atoms with Crippen LogP contribution in [0.15, 0.2) is 97.1 Å². The standard InChI is InChI=1S/C28H24N2/c1-3-13-25(14-4-1)29-17-21-9-7-11-23-19-30(26-15-5-2-6-16-26)20-24-12-8-10-22(18-29)28(24)27(21)23/h1-16H,17-20H2. The molecule has 2 heterocycles. The van der Waals surface area contributed by atoms with Crippen molar-refractivity contribution in [2.45, 2.75) is 26.2 Å². The maximum absolute atomic E-state index is 2.51. The van der Waals surface area contributed by atoms with Crippen LogP contribution in [0.4, 0.5) is 11.4 Å². The van der Waals surface area contributed by atoms with Gasteiger partial charge >= 0.3 is 0 Å². The van der Waals surface area contributed by atoms with Crippen LogP contribution in [0.1, 0.15) is 22.3 Å². The van der Waals surface area contributed by atoms with Crippen LogP contribution in [0.25, 0.3) is 11.1 Å². The minimum atomic E-state index is 0.937. The predicted octanol–water partition coefficient (Wildman–Crippen LogP) is 6.39. The first kappa shape index (κ1) is 17.3. The molecule has 0 bridgehead atoms. The van der Waals surface area contributed by atoms with E-state index in [-0.39, 0.29) is 0 Å². The third-order valence-corrected chi connectivity index (χ3v) is 6.41. The molecular formula is C28H24N2. The summed E-state index contributed by atoms with van der Waals surface area (Å²) in [5, 5.41) is 0. The van der Waals surface area contributed by atoms with Gasteiger partial charge in [-0.15, -0.1) is 0 Å². The molecule has 0 saturated carbocycles. The molecule has 0 atom stereocenters. The van der Waals surface area contributed by atoms with Gasteiger partial charge in [-0.05, 0) is 57.6 Å². The molecule has 30 heavy (non-hydrogen) atoms. The summed E-state index contributed by atoms with van der Waals surface area (Å²) >= 11 is 0. The van der Waals surface area contributed by atoms with Crippen LogP contribution >= 0.6 is 0 Å². The van der Waals surface area contributed by atoms with Crippen molar-refractivity contribution in [2.24, 2.45) is 0 Å². The van der Waals surface area contributed by atoms with E-state index in [1.807, 2.05) is 0 Å². The van der Waals surface area contributed by atoms with Gasteiger partial charge in [-0.2, -0.15) is 0 Å². The Kier molecular flexibility index (Phi) is 4.09. The molecule has 2 nitrogen and oxygen atoms in total.